The zero-order chi connectivity index (χ0) is 23.5. The van der Waals surface area contributed by atoms with Crippen LogP contribution in [0.15, 0.2) is 54.7 Å². The van der Waals surface area contributed by atoms with E-state index in [0.717, 1.165) is 22.4 Å². The summed E-state index contributed by atoms with van der Waals surface area (Å²) < 4.78 is 0.565. The Morgan fingerprint density at radius 3 is 2.61 bits per heavy atom. The number of carbonyl (C=O) groups excluding carboxylic acids is 1. The second-order valence-corrected chi connectivity index (χ2v) is 10.1. The van der Waals surface area contributed by atoms with Crippen molar-refractivity contribution in [1.82, 2.24) is 15.2 Å². The molecule has 0 bridgehead atoms. The van der Waals surface area contributed by atoms with Crippen molar-refractivity contribution in [3.05, 3.63) is 86.3 Å². The summed E-state index contributed by atoms with van der Waals surface area (Å²) in [5, 5.41) is 13.1. The minimum atomic E-state index is -0.930. The summed E-state index contributed by atoms with van der Waals surface area (Å²) in [6, 6.07) is 14.7. The molecule has 3 heterocycles. The molecule has 1 aromatic carbocycles. The molecule has 2 aromatic heterocycles. The van der Waals surface area contributed by atoms with Gasteiger partial charge in [-0.3, -0.25) is 9.78 Å². The molecule has 3 unspecified atom stereocenters. The van der Waals surface area contributed by atoms with Crippen LogP contribution in [0.2, 0.25) is 4.34 Å². The van der Waals surface area contributed by atoms with Crippen LogP contribution in [0.5, 0.6) is 0 Å². The van der Waals surface area contributed by atoms with Crippen LogP contribution >= 0.6 is 22.9 Å². The topological polar surface area (TPSA) is 82.5 Å². The smallest absolute Gasteiger partial charge is 0.407 e. The van der Waals surface area contributed by atoms with Crippen molar-refractivity contribution in [2.45, 2.75) is 38.8 Å². The Morgan fingerprint density at radius 1 is 1.18 bits per heavy atom. The third-order valence-electron chi connectivity index (χ3n) is 6.46. The minimum Gasteiger partial charge on any atom is -0.465 e. The summed E-state index contributed by atoms with van der Waals surface area (Å²) in [5.41, 5.74) is 3.87. The van der Waals surface area contributed by atoms with Crippen molar-refractivity contribution < 1.29 is 14.7 Å². The molecular weight excluding hydrogens is 458 g/mol. The summed E-state index contributed by atoms with van der Waals surface area (Å²) in [6.45, 7) is 4.32. The van der Waals surface area contributed by atoms with Crippen LogP contribution in [0.3, 0.4) is 0 Å². The molecule has 3 aromatic rings. The molecule has 1 aliphatic rings. The Labute approximate surface area is 202 Å². The lowest BCUT2D eigenvalue weighted by Gasteiger charge is -2.41. The van der Waals surface area contributed by atoms with Gasteiger partial charge in [0.25, 0.3) is 5.91 Å². The Bertz CT molecular complexity index is 1150. The van der Waals surface area contributed by atoms with E-state index in [4.69, 9.17) is 11.6 Å². The third kappa shape index (κ3) is 5.04. The summed E-state index contributed by atoms with van der Waals surface area (Å²) in [5.74, 6) is -0.117. The van der Waals surface area contributed by atoms with Crippen LogP contribution in [-0.2, 0) is 0 Å². The molecule has 8 heteroatoms. The first kappa shape index (κ1) is 23.3. The molecule has 1 fully saturated rings. The van der Waals surface area contributed by atoms with Crippen LogP contribution < -0.4 is 5.32 Å². The number of halogens is 1. The van der Waals surface area contributed by atoms with E-state index < -0.39 is 6.09 Å². The third-order valence-corrected chi connectivity index (χ3v) is 7.69. The molecule has 4 rings (SSSR count). The molecule has 2 amide bonds. The van der Waals surface area contributed by atoms with Crippen LogP contribution in [0.1, 0.15) is 57.0 Å². The van der Waals surface area contributed by atoms with Gasteiger partial charge in [-0.05, 0) is 67.5 Å². The van der Waals surface area contributed by atoms with Gasteiger partial charge in [0, 0.05) is 18.4 Å². The fraction of sp³-hybridized carbons (Fsp3) is 0.320. The molecule has 172 valence electrons. The number of amides is 2. The van der Waals surface area contributed by atoms with Gasteiger partial charge in [-0.25, -0.2) is 4.79 Å². The summed E-state index contributed by atoms with van der Waals surface area (Å²) >= 11 is 7.28. The van der Waals surface area contributed by atoms with E-state index >= 15 is 0 Å². The lowest BCUT2D eigenvalue weighted by Crippen LogP contribution is -2.44. The molecule has 33 heavy (non-hydrogen) atoms. The number of likely N-dealkylation sites (tertiary alicyclic amines) is 1. The van der Waals surface area contributed by atoms with Crippen molar-refractivity contribution in [2.75, 3.05) is 6.54 Å². The zero-order valence-electron chi connectivity index (χ0n) is 18.5. The molecule has 1 saturated heterocycles. The molecule has 0 aliphatic carbocycles. The number of nitrogens with one attached hydrogen (secondary N) is 1. The van der Waals surface area contributed by atoms with Crippen LogP contribution in [0, 0.1) is 19.8 Å². The number of thiophene rings is 1. The average Bonchev–Trinajstić information content (AvgIpc) is 3.25. The predicted molar refractivity (Wildman–Crippen MR) is 130 cm³/mol. The SMILES string of the molecule is Cc1nccc(C2CC(C(NC(=O)c3ccc(Cl)s3)c3ccccc3)CCN2C(=O)O)c1C. The van der Waals surface area contributed by atoms with Gasteiger partial charge < -0.3 is 15.3 Å². The Balaban J connectivity index is 1.67. The molecule has 1 aliphatic heterocycles. The largest absolute Gasteiger partial charge is 0.465 e. The fourth-order valence-electron chi connectivity index (χ4n) is 4.62. The maximum Gasteiger partial charge on any atom is 0.407 e. The molecule has 0 radical (unpaired) electrons. The Morgan fingerprint density at radius 2 is 1.94 bits per heavy atom. The van der Waals surface area contributed by atoms with Crippen LogP contribution in [0.4, 0.5) is 4.79 Å². The average molecular weight is 484 g/mol. The molecule has 3 atom stereocenters. The van der Waals surface area contributed by atoms with Gasteiger partial charge in [-0.2, -0.15) is 0 Å². The van der Waals surface area contributed by atoms with Crippen LogP contribution in [-0.4, -0.2) is 33.5 Å². The van der Waals surface area contributed by atoms with Crippen LogP contribution in [0.25, 0.3) is 0 Å². The number of benzene rings is 1. The van der Waals surface area contributed by atoms with E-state index in [1.54, 1.807) is 18.3 Å². The standard InChI is InChI=1S/C25H26ClN3O3S/c1-15-16(2)27-12-10-19(15)20-14-18(11-13-29(20)25(31)32)23(17-6-4-3-5-7-17)28-24(30)21-8-9-22(26)33-21/h3-10,12,18,20,23H,11,13-14H2,1-2H3,(H,28,30)(H,31,32). The van der Waals surface area contributed by atoms with Gasteiger partial charge in [-0.15, -0.1) is 11.3 Å². The highest BCUT2D eigenvalue weighted by Gasteiger charge is 2.38. The number of hydrogen-bond acceptors (Lipinski definition) is 4. The van der Waals surface area contributed by atoms with Crippen molar-refractivity contribution in [2.24, 2.45) is 5.92 Å². The number of nitrogens with zero attached hydrogens (tertiary/aromatic N) is 2. The summed E-state index contributed by atoms with van der Waals surface area (Å²) in [7, 11) is 0. The van der Waals surface area contributed by atoms with Gasteiger partial charge in [0.1, 0.15) is 0 Å². The maximum atomic E-state index is 13.0. The van der Waals surface area contributed by atoms with Crippen molar-refractivity contribution in [3.8, 4) is 0 Å². The van der Waals surface area contributed by atoms with Gasteiger partial charge in [0.05, 0.1) is 21.3 Å². The first-order valence-corrected chi connectivity index (χ1v) is 12.1. The monoisotopic (exact) mass is 483 g/mol. The Hall–Kier alpha value is -2.90. The molecular formula is C25H26ClN3O3S. The number of rotatable bonds is 5. The molecule has 0 saturated carbocycles. The van der Waals surface area contributed by atoms with E-state index in [1.165, 1.54) is 16.2 Å². The summed E-state index contributed by atoms with van der Waals surface area (Å²) in [6.07, 6.45) is 2.05. The van der Waals surface area contributed by atoms with Crippen molar-refractivity contribution >= 4 is 34.9 Å². The molecule has 6 nitrogen and oxygen atoms in total. The van der Waals surface area contributed by atoms with Crippen molar-refractivity contribution in [1.29, 1.82) is 0 Å². The number of pyridine rings is 1. The number of piperidine rings is 1. The highest BCUT2D eigenvalue weighted by atomic mass is 35.5. The maximum absolute atomic E-state index is 13.0. The first-order chi connectivity index (χ1) is 15.8. The minimum absolute atomic E-state index is 0.0558. The highest BCUT2D eigenvalue weighted by molar-refractivity contribution is 7.18. The number of carbonyl (C=O) groups is 2. The van der Waals surface area contributed by atoms with E-state index in [9.17, 15) is 14.7 Å². The molecule has 2 N–H and O–H groups in total. The predicted octanol–water partition coefficient (Wildman–Crippen LogP) is 6.02. The first-order valence-electron chi connectivity index (χ1n) is 10.9. The van der Waals surface area contributed by atoms with Gasteiger partial charge in [0.2, 0.25) is 0 Å². The zero-order valence-corrected chi connectivity index (χ0v) is 20.1. The lowest BCUT2D eigenvalue weighted by atomic mass is 9.79. The number of carboxylic acid groups (broad SMARTS) is 1. The highest BCUT2D eigenvalue weighted by Crippen LogP contribution is 2.41. The Kier molecular flexibility index (Phi) is 7.00. The van der Waals surface area contributed by atoms with E-state index in [0.29, 0.717) is 28.6 Å². The number of aryl methyl sites for hydroxylation is 1. The van der Waals surface area contributed by atoms with Crippen molar-refractivity contribution in [3.63, 3.8) is 0 Å². The van der Waals surface area contributed by atoms with Gasteiger partial charge in [0.15, 0.2) is 0 Å². The second-order valence-electron chi connectivity index (χ2n) is 8.35. The number of hydrogen-bond donors (Lipinski definition) is 2. The van der Waals surface area contributed by atoms with E-state index in [-0.39, 0.29) is 23.9 Å². The molecule has 0 spiro atoms. The normalized spacial score (nSPS) is 19.2. The summed E-state index contributed by atoms with van der Waals surface area (Å²) in [4.78, 5) is 31.5. The lowest BCUT2D eigenvalue weighted by molar-refractivity contribution is 0.0734. The van der Waals surface area contributed by atoms with Gasteiger partial charge >= 0.3 is 6.09 Å². The second kappa shape index (κ2) is 9.93. The van der Waals surface area contributed by atoms with E-state index in [1.807, 2.05) is 50.2 Å². The quantitative estimate of drug-likeness (QED) is 0.465. The van der Waals surface area contributed by atoms with E-state index in [2.05, 4.69) is 10.3 Å². The van der Waals surface area contributed by atoms with Gasteiger partial charge in [-0.1, -0.05) is 41.9 Å². The number of aromatic nitrogens is 1. The fourth-order valence-corrected chi connectivity index (χ4v) is 5.57.